The number of carbonyl (C=O) groups excluding carboxylic acids is 1. The molecule has 24 heavy (non-hydrogen) atoms. The highest BCUT2D eigenvalue weighted by molar-refractivity contribution is 5.88. The quantitative estimate of drug-likeness (QED) is 0.626. The molecule has 0 atom stereocenters. The number of rotatable bonds is 4. The van der Waals surface area contributed by atoms with Crippen molar-refractivity contribution in [1.29, 1.82) is 0 Å². The molecule has 0 radical (unpaired) electrons. The Morgan fingerprint density at radius 2 is 2.04 bits per heavy atom. The molecular weight excluding hydrogens is 304 g/mol. The van der Waals surface area contributed by atoms with E-state index in [1.54, 1.807) is 0 Å². The molecule has 0 spiro atoms. The molecule has 0 aliphatic carbocycles. The smallest absolute Gasteiger partial charge is 0.242 e. The Hall–Kier alpha value is -1.30. The van der Waals surface area contributed by atoms with Crippen molar-refractivity contribution in [2.75, 3.05) is 39.4 Å². The first-order valence-corrected chi connectivity index (χ1v) is 9.28. The predicted molar refractivity (Wildman–Crippen MR) is 97.2 cm³/mol. The van der Waals surface area contributed by atoms with Crippen molar-refractivity contribution in [3.05, 3.63) is 0 Å². The molecule has 2 heterocycles. The van der Waals surface area contributed by atoms with Crippen molar-refractivity contribution < 1.29 is 9.53 Å². The molecule has 2 saturated heterocycles. The molecule has 0 aromatic carbocycles. The van der Waals surface area contributed by atoms with E-state index in [0.29, 0.717) is 12.5 Å². The molecule has 2 aliphatic rings. The lowest BCUT2D eigenvalue weighted by atomic mass is 9.96. The fourth-order valence-electron chi connectivity index (χ4n) is 3.88. The van der Waals surface area contributed by atoms with E-state index in [0.717, 1.165) is 51.6 Å². The zero-order chi connectivity index (χ0) is 17.7. The maximum Gasteiger partial charge on any atom is 0.242 e. The number of nitrogens with zero attached hydrogens (tertiary/aromatic N) is 3. The second-order valence-corrected chi connectivity index (χ2v) is 7.78. The van der Waals surface area contributed by atoms with Gasteiger partial charge in [-0.2, -0.15) is 0 Å². The van der Waals surface area contributed by atoms with Crippen LogP contribution in [0.1, 0.15) is 47.5 Å². The summed E-state index contributed by atoms with van der Waals surface area (Å²) >= 11 is 0. The van der Waals surface area contributed by atoms with Gasteiger partial charge in [0, 0.05) is 38.9 Å². The van der Waals surface area contributed by atoms with Gasteiger partial charge >= 0.3 is 0 Å². The van der Waals surface area contributed by atoms with Crippen molar-refractivity contribution in [3.8, 4) is 0 Å². The van der Waals surface area contributed by atoms with Crippen molar-refractivity contribution in [3.63, 3.8) is 0 Å². The third-order valence-electron chi connectivity index (χ3n) is 4.82. The van der Waals surface area contributed by atoms with Crippen LogP contribution >= 0.6 is 0 Å². The Bertz CT molecular complexity index is 456. The molecule has 6 heteroatoms. The first-order chi connectivity index (χ1) is 11.3. The number of aliphatic imine (C=N–C) groups is 1. The number of carbonyl (C=O) groups is 1. The standard InChI is InChI=1S/C18H34N4O2/c1-6-19-17(20-11-15-7-9-24-10-8-15)21-12-16(23)22(14(2)3)18(4,5)13-21/h14-15H,6-13H2,1-5H3,(H,19,20). The van der Waals surface area contributed by atoms with Crippen LogP contribution < -0.4 is 5.32 Å². The highest BCUT2D eigenvalue weighted by Gasteiger charge is 2.40. The van der Waals surface area contributed by atoms with Crippen LogP contribution in [0.2, 0.25) is 0 Å². The second kappa shape index (κ2) is 8.19. The molecule has 1 amide bonds. The van der Waals surface area contributed by atoms with Gasteiger partial charge in [-0.25, -0.2) is 0 Å². The van der Waals surface area contributed by atoms with E-state index in [1.165, 1.54) is 0 Å². The number of hydrogen-bond donors (Lipinski definition) is 1. The van der Waals surface area contributed by atoms with Gasteiger partial charge in [-0.1, -0.05) is 0 Å². The van der Waals surface area contributed by atoms with Crippen LogP contribution in [0, 0.1) is 5.92 Å². The topological polar surface area (TPSA) is 57.2 Å². The van der Waals surface area contributed by atoms with E-state index in [2.05, 4.69) is 44.8 Å². The minimum Gasteiger partial charge on any atom is -0.381 e. The number of nitrogens with one attached hydrogen (secondary N) is 1. The Kier molecular flexibility index (Phi) is 6.49. The number of amides is 1. The molecule has 0 aromatic rings. The molecule has 0 aromatic heterocycles. The Balaban J connectivity index is 2.08. The zero-order valence-corrected chi connectivity index (χ0v) is 16.0. The molecule has 0 saturated carbocycles. The van der Waals surface area contributed by atoms with Crippen LogP contribution in [-0.2, 0) is 9.53 Å². The normalized spacial score (nSPS) is 23.1. The van der Waals surface area contributed by atoms with Crippen molar-refractivity contribution in [2.45, 2.75) is 59.0 Å². The lowest BCUT2D eigenvalue weighted by Crippen LogP contribution is -2.66. The van der Waals surface area contributed by atoms with Gasteiger partial charge in [0.05, 0.1) is 12.1 Å². The van der Waals surface area contributed by atoms with E-state index < -0.39 is 0 Å². The number of piperazine rings is 1. The van der Waals surface area contributed by atoms with E-state index >= 15 is 0 Å². The number of hydrogen-bond acceptors (Lipinski definition) is 3. The maximum absolute atomic E-state index is 12.7. The summed E-state index contributed by atoms with van der Waals surface area (Å²) in [7, 11) is 0. The fraction of sp³-hybridized carbons (Fsp3) is 0.889. The molecule has 2 aliphatic heterocycles. The lowest BCUT2D eigenvalue weighted by Gasteiger charge is -2.49. The monoisotopic (exact) mass is 338 g/mol. The van der Waals surface area contributed by atoms with Gasteiger partial charge in [0.15, 0.2) is 5.96 Å². The van der Waals surface area contributed by atoms with Crippen LogP contribution in [0.5, 0.6) is 0 Å². The van der Waals surface area contributed by atoms with E-state index in [4.69, 9.17) is 9.73 Å². The molecule has 0 unspecified atom stereocenters. The van der Waals surface area contributed by atoms with E-state index in [1.807, 2.05) is 4.90 Å². The second-order valence-electron chi connectivity index (χ2n) is 7.78. The third-order valence-corrected chi connectivity index (χ3v) is 4.82. The molecule has 2 fully saturated rings. The largest absolute Gasteiger partial charge is 0.381 e. The molecule has 1 N–H and O–H groups in total. The van der Waals surface area contributed by atoms with Gasteiger partial charge in [0.25, 0.3) is 0 Å². The summed E-state index contributed by atoms with van der Waals surface area (Å²) in [6.45, 7) is 15.0. The van der Waals surface area contributed by atoms with Crippen LogP contribution in [0.3, 0.4) is 0 Å². The van der Waals surface area contributed by atoms with Crippen molar-refractivity contribution >= 4 is 11.9 Å². The summed E-state index contributed by atoms with van der Waals surface area (Å²) in [6, 6.07) is 0.219. The molecule has 0 bridgehead atoms. The van der Waals surface area contributed by atoms with Gasteiger partial charge in [-0.15, -0.1) is 0 Å². The summed E-state index contributed by atoms with van der Waals surface area (Å²) in [5.74, 6) is 1.64. The minimum atomic E-state index is -0.196. The summed E-state index contributed by atoms with van der Waals surface area (Å²) in [5.41, 5.74) is -0.196. The van der Waals surface area contributed by atoms with Gasteiger partial charge < -0.3 is 19.9 Å². The van der Waals surface area contributed by atoms with Crippen LogP contribution in [0.4, 0.5) is 0 Å². The third kappa shape index (κ3) is 4.62. The van der Waals surface area contributed by atoms with Crippen LogP contribution in [0.25, 0.3) is 0 Å². The lowest BCUT2D eigenvalue weighted by molar-refractivity contribution is -0.145. The van der Waals surface area contributed by atoms with Gasteiger partial charge in [-0.05, 0) is 53.4 Å². The van der Waals surface area contributed by atoms with E-state index in [9.17, 15) is 4.79 Å². The Labute approximate surface area is 146 Å². The summed E-state index contributed by atoms with van der Waals surface area (Å²) < 4.78 is 5.42. The summed E-state index contributed by atoms with van der Waals surface area (Å²) in [5, 5.41) is 3.37. The highest BCUT2D eigenvalue weighted by atomic mass is 16.5. The first kappa shape index (κ1) is 19.0. The van der Waals surface area contributed by atoms with Crippen molar-refractivity contribution in [1.82, 2.24) is 15.1 Å². The van der Waals surface area contributed by atoms with E-state index in [-0.39, 0.29) is 17.5 Å². The van der Waals surface area contributed by atoms with Gasteiger partial charge in [-0.3, -0.25) is 9.79 Å². The molecule has 6 nitrogen and oxygen atoms in total. The number of guanidine groups is 1. The van der Waals surface area contributed by atoms with Crippen LogP contribution in [-0.4, -0.2) is 72.6 Å². The fourth-order valence-corrected chi connectivity index (χ4v) is 3.88. The van der Waals surface area contributed by atoms with Gasteiger partial charge in [0.2, 0.25) is 5.91 Å². The maximum atomic E-state index is 12.7. The average Bonchev–Trinajstić information content (AvgIpc) is 2.50. The highest BCUT2D eigenvalue weighted by Crippen LogP contribution is 2.24. The molecular formula is C18H34N4O2. The van der Waals surface area contributed by atoms with Crippen molar-refractivity contribution in [2.24, 2.45) is 10.9 Å². The first-order valence-electron chi connectivity index (χ1n) is 9.28. The molecule has 2 rings (SSSR count). The van der Waals surface area contributed by atoms with Gasteiger partial charge in [0.1, 0.15) is 0 Å². The average molecular weight is 338 g/mol. The summed E-state index contributed by atoms with van der Waals surface area (Å²) in [4.78, 5) is 21.6. The Morgan fingerprint density at radius 1 is 1.38 bits per heavy atom. The SMILES string of the molecule is CCNC(=NCC1CCOCC1)N1CC(=O)N(C(C)C)C(C)(C)C1. The Morgan fingerprint density at radius 3 is 2.58 bits per heavy atom. The van der Waals surface area contributed by atoms with Crippen LogP contribution in [0.15, 0.2) is 4.99 Å². The minimum absolute atomic E-state index is 0.179. The number of ether oxygens (including phenoxy) is 1. The molecule has 138 valence electrons. The summed E-state index contributed by atoms with van der Waals surface area (Å²) in [6.07, 6.45) is 2.16. The zero-order valence-electron chi connectivity index (χ0n) is 16.0. The predicted octanol–water partition coefficient (Wildman–Crippen LogP) is 1.71.